The van der Waals surface area contributed by atoms with E-state index in [9.17, 15) is 24.0 Å². The number of benzene rings is 9. The summed E-state index contributed by atoms with van der Waals surface area (Å²) in [6, 6.07) is 83.3. The largest absolute Gasteiger partial charge is 0.344 e. The molecule has 4 unspecified atom stereocenters. The van der Waals surface area contributed by atoms with E-state index in [-0.39, 0.29) is 54.9 Å². The average molecular weight is 1780 g/mol. The Hall–Kier alpha value is -11.7. The molecular formula is C99H95ClN12O8PS4+. The number of ketones is 2. The number of amides is 5. The fraction of sp³-hybridized carbons (Fsp3) is 0.202. The summed E-state index contributed by atoms with van der Waals surface area (Å²) in [6.45, 7) is 22.3. The lowest BCUT2D eigenvalue weighted by Crippen LogP contribution is -2.48. The van der Waals surface area contributed by atoms with E-state index in [0.29, 0.717) is 71.1 Å². The molecule has 19 rings (SSSR count). The van der Waals surface area contributed by atoms with Gasteiger partial charge in [0, 0.05) is 73.7 Å². The summed E-state index contributed by atoms with van der Waals surface area (Å²) in [5, 5.41) is 9.89. The van der Waals surface area contributed by atoms with Crippen molar-refractivity contribution in [2.24, 2.45) is 0 Å². The van der Waals surface area contributed by atoms with Crippen LogP contribution in [0.2, 0.25) is 0 Å². The van der Waals surface area contributed by atoms with E-state index in [0.717, 1.165) is 96.6 Å². The number of nitrogens with zero attached hydrogens (tertiary/aromatic N) is 11. The molecule has 10 heterocycles. The summed E-state index contributed by atoms with van der Waals surface area (Å²) >= 11 is 12.4. The van der Waals surface area contributed by atoms with Gasteiger partial charge >= 0.3 is 17.4 Å². The number of thiazole rings is 4. The number of nitrogens with one attached hydrogen (secondary N) is 1. The second-order valence-corrected chi connectivity index (χ2v) is 37.8. The highest BCUT2D eigenvalue weighted by Crippen LogP contribution is 2.57. The smallest absolute Gasteiger partial charge is 0.318 e. The molecule has 0 radical (unpaired) electrons. The van der Waals surface area contributed by atoms with E-state index in [1.54, 1.807) is 80.6 Å². The summed E-state index contributed by atoms with van der Waals surface area (Å²) in [5.41, 5.74) is 12.7. The number of rotatable bonds is 26. The molecule has 0 spiro atoms. The highest BCUT2D eigenvalue weighted by atomic mass is 35.5. The summed E-state index contributed by atoms with van der Waals surface area (Å²) < 4.78 is 4.60. The minimum absolute atomic E-state index is 0.00524. The third-order valence-corrected chi connectivity index (χ3v) is 30.2. The molecule has 9 aromatic carbocycles. The maximum Gasteiger partial charge on any atom is 0.344 e. The molecule has 5 amide bonds. The summed E-state index contributed by atoms with van der Waals surface area (Å²) in [7, 11) is -1.73. The second-order valence-electron chi connectivity index (χ2n) is 30.1. The first-order valence-electron chi connectivity index (χ1n) is 41.3. The summed E-state index contributed by atoms with van der Waals surface area (Å²) in [5.74, 6) is 2.53. The molecule has 634 valence electrons. The van der Waals surface area contributed by atoms with Crippen LogP contribution in [-0.2, 0) is 14.5 Å². The maximum absolute atomic E-state index is 12.9. The fourth-order valence-electron chi connectivity index (χ4n) is 15.8. The van der Waals surface area contributed by atoms with E-state index in [1.165, 1.54) is 31.2 Å². The van der Waals surface area contributed by atoms with Gasteiger partial charge in [0.1, 0.15) is 43.2 Å². The number of halogens is 1. The number of aromatic nitrogens is 4. The third kappa shape index (κ3) is 21.3. The van der Waals surface area contributed by atoms with Crippen LogP contribution in [0, 0.1) is 0 Å². The lowest BCUT2D eigenvalue weighted by atomic mass is 10.0. The number of likely N-dealkylation sites (N-methyl/N-ethyl adjacent to an activating group) is 1. The quantitative estimate of drug-likeness (QED) is 0.0102. The number of hydrogen-bond donors (Lipinski definition) is 1. The Labute approximate surface area is 749 Å². The van der Waals surface area contributed by atoms with Crippen LogP contribution in [0.1, 0.15) is 54.6 Å². The van der Waals surface area contributed by atoms with Crippen LogP contribution in [0.3, 0.4) is 0 Å². The zero-order valence-electron chi connectivity index (χ0n) is 69.3. The summed E-state index contributed by atoms with van der Waals surface area (Å²) in [6.07, 6.45) is 15.5. The summed E-state index contributed by atoms with van der Waals surface area (Å²) in [4.78, 5) is 107. The van der Waals surface area contributed by atoms with Gasteiger partial charge in [0.15, 0.2) is 11.6 Å². The topological polar surface area (TPSA) is 199 Å². The van der Waals surface area contributed by atoms with Crippen molar-refractivity contribution >= 4 is 172 Å². The van der Waals surface area contributed by atoms with Crippen LogP contribution in [-0.4, -0.2) is 200 Å². The Kier molecular flexibility index (Phi) is 29.8. The number of carbonyl (C=O) groups excluding carboxylic acids is 5. The van der Waals surface area contributed by atoms with Crippen LogP contribution in [0.15, 0.2) is 323 Å². The molecule has 6 aliphatic rings. The standard InChI is InChI=1S/C24H22ClN3O3S.C23H23N3O2S.C21H20P.C16H15N3O2S.C15H15N3OS/c1-2-12-31-28(24(25)30)19-13-18(23-26-20-10-6-7-11-22(20)32-23)14-27(15-19)16-21(29)17-8-4-3-5-9-17;1-2-12-28-25-19-13-18(23-24-20-10-6-7-11-22(20)29-23)14-26(15-19)16-21(27)17-8-4-3-5-9-17;1-2-18-22(19-12-6-3-7-13-19,20-14-8-4-9-15-20)21-16-10-5-11-17-21;1-2-7-21-19-12-8-11(9-18(10-12)16(19)20)15-17-13-5-3-4-6-14(13)22-15;1-2-18-11-7-10(8-17(9-11)15(18)19)14-16-12-5-3-4-6-13(12)20-14/h2-11,13,19H,1,12,14-16H2;2-11,13,19,25H,1,12,14-16H2;2-18H,1H3;2-6,8,12H,1,7,9-10H2;3-7,11H,2,8-9H2,1H3/q;;+1;;/b;;18-2+;;. The van der Waals surface area contributed by atoms with Gasteiger partial charge in [-0.3, -0.25) is 38.7 Å². The molecule has 4 atom stereocenters. The third-order valence-electron chi connectivity index (χ3n) is 21.5. The zero-order valence-corrected chi connectivity index (χ0v) is 74.3. The van der Waals surface area contributed by atoms with Crippen molar-refractivity contribution in [1.29, 1.82) is 0 Å². The van der Waals surface area contributed by atoms with Gasteiger partial charge in [0.05, 0.1) is 117 Å². The molecule has 6 aliphatic heterocycles. The second kappa shape index (κ2) is 42.3. The van der Waals surface area contributed by atoms with Gasteiger partial charge in [-0.25, -0.2) is 29.5 Å². The normalized spacial score (nSPS) is 17.4. The van der Waals surface area contributed by atoms with Crippen molar-refractivity contribution in [3.8, 4) is 0 Å². The molecular weight excluding hydrogens is 1680 g/mol. The number of hydrogen-bond acceptors (Lipinski definition) is 19. The maximum atomic E-state index is 12.9. The first-order chi connectivity index (χ1) is 61.2. The van der Waals surface area contributed by atoms with E-state index >= 15 is 0 Å². The molecule has 13 aromatic rings. The SMILES string of the molecule is C/C=C/[P+](c1ccccc1)(c1ccccc1)c1ccccc1.C=CCON(C(=O)Cl)C1C=C(c2nc3ccccc3s2)CN(CC(=O)c2ccccc2)C1.C=CCON1C(=O)N2CC(c3nc4ccccc4s3)=CC1C2.C=CCONC1C=C(c2nc3ccccc3s2)CN(CC(=O)c2ccccc2)C1.CCN1C(=O)N2CC(c3nc4ccccc4s3)=CC1C2. The van der Waals surface area contributed by atoms with Crippen LogP contribution in [0.25, 0.3) is 63.2 Å². The molecule has 2 fully saturated rings. The predicted octanol–water partition coefficient (Wildman–Crippen LogP) is 19.2. The Morgan fingerprint density at radius 1 is 0.472 bits per heavy atom. The van der Waals surface area contributed by atoms with Crippen molar-refractivity contribution in [2.75, 3.05) is 91.8 Å². The molecule has 4 bridgehead atoms. The minimum Gasteiger partial charge on any atom is -0.318 e. The number of carbonyl (C=O) groups is 5. The number of fused-ring (bicyclic) bond motifs is 8. The van der Waals surface area contributed by atoms with Gasteiger partial charge in [-0.2, -0.15) is 15.6 Å². The molecule has 26 heteroatoms. The molecule has 2 saturated heterocycles. The van der Waals surface area contributed by atoms with Crippen molar-refractivity contribution in [1.82, 2.24) is 60.0 Å². The van der Waals surface area contributed by atoms with E-state index < -0.39 is 18.7 Å². The molecule has 1 N–H and O–H groups in total. The van der Waals surface area contributed by atoms with Gasteiger partial charge in [-0.15, -0.1) is 65.1 Å². The van der Waals surface area contributed by atoms with Gasteiger partial charge < -0.3 is 14.7 Å². The average Bonchev–Trinajstić information content (AvgIpc) is 1.71. The van der Waals surface area contributed by atoms with Gasteiger partial charge in [-0.05, 0) is 122 Å². The molecule has 4 aromatic heterocycles. The first kappa shape index (κ1) is 88.2. The van der Waals surface area contributed by atoms with Crippen LogP contribution < -0.4 is 21.4 Å². The number of urea groups is 2. The molecule has 0 saturated carbocycles. The van der Waals surface area contributed by atoms with Gasteiger partial charge in [0.25, 0.3) is 0 Å². The zero-order chi connectivity index (χ0) is 86.6. The van der Waals surface area contributed by atoms with Crippen LogP contribution in [0.5, 0.6) is 0 Å². The van der Waals surface area contributed by atoms with E-state index in [1.807, 2.05) is 155 Å². The number of allylic oxidation sites excluding steroid dienone is 1. The van der Waals surface area contributed by atoms with E-state index in [4.69, 9.17) is 41.1 Å². The highest BCUT2D eigenvalue weighted by molar-refractivity contribution is 7.98. The molecule has 125 heavy (non-hydrogen) atoms. The fourth-order valence-corrected chi connectivity index (χ4v) is 23.7. The first-order valence-corrected chi connectivity index (χ1v) is 46.8. The molecule has 0 aliphatic carbocycles. The van der Waals surface area contributed by atoms with Crippen molar-refractivity contribution < 1.29 is 38.5 Å². The Morgan fingerprint density at radius 2 is 0.856 bits per heavy atom. The lowest BCUT2D eigenvalue weighted by molar-refractivity contribution is -0.119. The highest BCUT2D eigenvalue weighted by Gasteiger charge is 2.45. The Bertz CT molecular complexity index is 5920. The Balaban J connectivity index is 0.000000122. The number of para-hydroxylation sites is 4. The van der Waals surface area contributed by atoms with Crippen molar-refractivity contribution in [3.05, 3.63) is 354 Å². The van der Waals surface area contributed by atoms with Crippen LogP contribution in [0.4, 0.5) is 14.4 Å². The van der Waals surface area contributed by atoms with Crippen molar-refractivity contribution in [3.63, 3.8) is 0 Å². The molecule has 20 nitrogen and oxygen atoms in total. The van der Waals surface area contributed by atoms with Crippen LogP contribution >= 0.6 is 64.2 Å². The number of Topliss-reactive ketones (excluding diaryl/α,β-unsaturated/α-hetero) is 2. The van der Waals surface area contributed by atoms with Crippen molar-refractivity contribution in [2.45, 2.75) is 38.0 Å². The minimum atomic E-state index is -1.73. The lowest BCUT2D eigenvalue weighted by Gasteiger charge is -2.35. The monoisotopic (exact) mass is 1770 g/mol. The van der Waals surface area contributed by atoms with Gasteiger partial charge in [0.2, 0.25) is 0 Å². The van der Waals surface area contributed by atoms with Gasteiger partial charge in [-0.1, -0.05) is 206 Å². The number of hydroxylamine groups is 5. The van der Waals surface area contributed by atoms with E-state index in [2.05, 4.69) is 181 Å². The Morgan fingerprint density at radius 3 is 1.27 bits per heavy atom. The predicted molar refractivity (Wildman–Crippen MR) is 513 cm³/mol.